The molecular formula is C15H20N2O2. The zero-order valence-corrected chi connectivity index (χ0v) is 11.5. The minimum atomic E-state index is -0.836. The van der Waals surface area contributed by atoms with Crippen molar-refractivity contribution in [1.82, 2.24) is 5.32 Å². The second kappa shape index (κ2) is 5.43. The smallest absolute Gasteiger partial charge is 0.240 e. The van der Waals surface area contributed by atoms with E-state index in [0.717, 1.165) is 17.7 Å². The van der Waals surface area contributed by atoms with E-state index in [2.05, 4.69) is 10.6 Å². The summed E-state index contributed by atoms with van der Waals surface area (Å²) in [6, 6.07) is 7.59. The van der Waals surface area contributed by atoms with E-state index in [1.165, 1.54) is 0 Å². The second-order valence-electron chi connectivity index (χ2n) is 5.11. The molecule has 0 aliphatic heterocycles. The lowest BCUT2D eigenvalue weighted by molar-refractivity contribution is -0.134. The van der Waals surface area contributed by atoms with Crippen LogP contribution in [0.2, 0.25) is 0 Å². The molecular weight excluding hydrogens is 240 g/mol. The highest BCUT2D eigenvalue weighted by Crippen LogP contribution is 2.46. The molecule has 1 aliphatic carbocycles. The fraction of sp³-hybridized carbons (Fsp3) is 0.467. The van der Waals surface area contributed by atoms with Crippen LogP contribution in [0.1, 0.15) is 31.7 Å². The maximum Gasteiger partial charge on any atom is 0.240 e. The van der Waals surface area contributed by atoms with E-state index in [-0.39, 0.29) is 11.8 Å². The van der Waals surface area contributed by atoms with Gasteiger partial charge in [-0.15, -0.1) is 0 Å². The summed E-state index contributed by atoms with van der Waals surface area (Å²) in [5.74, 6) is -0.323. The van der Waals surface area contributed by atoms with Crippen molar-refractivity contribution in [3.8, 4) is 0 Å². The molecule has 102 valence electrons. The van der Waals surface area contributed by atoms with Crippen LogP contribution in [0, 0.1) is 12.3 Å². The highest BCUT2D eigenvalue weighted by molar-refractivity contribution is 6.13. The number of nitrogens with one attached hydrogen (secondary N) is 2. The van der Waals surface area contributed by atoms with Crippen LogP contribution < -0.4 is 10.6 Å². The molecule has 2 N–H and O–H groups in total. The number of aryl methyl sites for hydroxylation is 1. The molecule has 1 saturated carbocycles. The average molecular weight is 260 g/mol. The third-order valence-electron chi connectivity index (χ3n) is 3.55. The second-order valence-corrected chi connectivity index (χ2v) is 5.11. The van der Waals surface area contributed by atoms with Crippen molar-refractivity contribution in [2.24, 2.45) is 5.41 Å². The summed E-state index contributed by atoms with van der Waals surface area (Å²) in [4.78, 5) is 24.3. The van der Waals surface area contributed by atoms with Crippen LogP contribution in [-0.2, 0) is 9.59 Å². The predicted octanol–water partition coefficient (Wildman–Crippen LogP) is 2.24. The summed E-state index contributed by atoms with van der Waals surface area (Å²) in [5.41, 5.74) is 0.944. The number of hydrogen-bond acceptors (Lipinski definition) is 2. The van der Waals surface area contributed by atoms with E-state index in [4.69, 9.17) is 0 Å². The van der Waals surface area contributed by atoms with Crippen molar-refractivity contribution in [3.05, 3.63) is 29.8 Å². The molecule has 1 aromatic carbocycles. The molecule has 0 aromatic heterocycles. The molecule has 1 aromatic rings. The van der Waals surface area contributed by atoms with Crippen molar-refractivity contribution in [3.63, 3.8) is 0 Å². The third kappa shape index (κ3) is 2.78. The highest BCUT2D eigenvalue weighted by atomic mass is 16.2. The zero-order chi connectivity index (χ0) is 13.9. The SMILES string of the molecule is CCCNC(=O)C1(C(=O)Nc2ccccc2C)CC1. The lowest BCUT2D eigenvalue weighted by atomic mass is 10.0. The van der Waals surface area contributed by atoms with Gasteiger partial charge in [0.25, 0.3) is 0 Å². The predicted molar refractivity (Wildman–Crippen MR) is 74.8 cm³/mol. The van der Waals surface area contributed by atoms with Gasteiger partial charge in [-0.3, -0.25) is 9.59 Å². The number of carbonyl (C=O) groups excluding carboxylic acids is 2. The van der Waals surface area contributed by atoms with Crippen LogP contribution in [-0.4, -0.2) is 18.4 Å². The van der Waals surface area contributed by atoms with Gasteiger partial charge in [0.2, 0.25) is 11.8 Å². The van der Waals surface area contributed by atoms with E-state index in [0.29, 0.717) is 19.4 Å². The number of benzene rings is 1. The largest absolute Gasteiger partial charge is 0.355 e. The molecule has 2 rings (SSSR count). The Morgan fingerprint density at radius 1 is 1.21 bits per heavy atom. The van der Waals surface area contributed by atoms with Gasteiger partial charge in [-0.2, -0.15) is 0 Å². The van der Waals surface area contributed by atoms with Crippen molar-refractivity contribution >= 4 is 17.5 Å². The van der Waals surface area contributed by atoms with Crippen LogP contribution in [0.15, 0.2) is 24.3 Å². The Labute approximate surface area is 113 Å². The number of hydrogen-bond donors (Lipinski definition) is 2. The van der Waals surface area contributed by atoms with Gasteiger partial charge in [-0.1, -0.05) is 25.1 Å². The molecule has 4 nitrogen and oxygen atoms in total. The van der Waals surface area contributed by atoms with Gasteiger partial charge in [-0.05, 0) is 37.8 Å². The first-order valence-corrected chi connectivity index (χ1v) is 6.75. The molecule has 0 bridgehead atoms. The molecule has 0 radical (unpaired) electrons. The van der Waals surface area contributed by atoms with Crippen LogP contribution in [0.4, 0.5) is 5.69 Å². The Morgan fingerprint density at radius 3 is 2.47 bits per heavy atom. The van der Waals surface area contributed by atoms with Gasteiger partial charge in [0.05, 0.1) is 0 Å². The van der Waals surface area contributed by atoms with Gasteiger partial charge < -0.3 is 10.6 Å². The van der Waals surface area contributed by atoms with Crippen molar-refractivity contribution < 1.29 is 9.59 Å². The van der Waals surface area contributed by atoms with E-state index in [1.54, 1.807) is 0 Å². The standard InChI is InChI=1S/C15H20N2O2/c1-3-10-16-13(18)15(8-9-15)14(19)17-12-7-5-4-6-11(12)2/h4-7H,3,8-10H2,1-2H3,(H,16,18)(H,17,19). The van der Waals surface area contributed by atoms with Crippen LogP contribution >= 0.6 is 0 Å². The highest BCUT2D eigenvalue weighted by Gasteiger charge is 2.56. The molecule has 1 aliphatic rings. The maximum absolute atomic E-state index is 12.3. The van der Waals surface area contributed by atoms with Crippen LogP contribution in [0.25, 0.3) is 0 Å². The molecule has 0 saturated heterocycles. The fourth-order valence-electron chi connectivity index (χ4n) is 2.05. The summed E-state index contributed by atoms with van der Waals surface area (Å²) < 4.78 is 0. The molecule has 0 heterocycles. The summed E-state index contributed by atoms with van der Waals surface area (Å²) in [7, 11) is 0. The molecule has 0 spiro atoms. The number of rotatable bonds is 5. The average Bonchev–Trinajstić information content (AvgIpc) is 3.20. The zero-order valence-electron chi connectivity index (χ0n) is 11.5. The normalized spacial score (nSPS) is 15.7. The monoisotopic (exact) mass is 260 g/mol. The topological polar surface area (TPSA) is 58.2 Å². The lowest BCUT2D eigenvalue weighted by Crippen LogP contribution is -2.40. The molecule has 4 heteroatoms. The van der Waals surface area contributed by atoms with E-state index < -0.39 is 5.41 Å². The van der Waals surface area contributed by atoms with Gasteiger partial charge in [0.15, 0.2) is 0 Å². The summed E-state index contributed by atoms with van der Waals surface area (Å²) in [5, 5.41) is 5.69. The van der Waals surface area contributed by atoms with Gasteiger partial charge >= 0.3 is 0 Å². The Balaban J connectivity index is 2.04. The molecule has 1 fully saturated rings. The molecule has 2 amide bonds. The van der Waals surface area contributed by atoms with E-state index in [1.807, 2.05) is 38.1 Å². The van der Waals surface area contributed by atoms with Crippen molar-refractivity contribution in [2.75, 3.05) is 11.9 Å². The van der Waals surface area contributed by atoms with E-state index in [9.17, 15) is 9.59 Å². The maximum atomic E-state index is 12.3. The summed E-state index contributed by atoms with van der Waals surface area (Å²) >= 11 is 0. The van der Waals surface area contributed by atoms with Crippen molar-refractivity contribution in [1.29, 1.82) is 0 Å². The Morgan fingerprint density at radius 2 is 1.89 bits per heavy atom. The van der Waals surface area contributed by atoms with E-state index >= 15 is 0 Å². The first kappa shape index (κ1) is 13.6. The minimum absolute atomic E-state index is 0.138. The number of para-hydroxylation sites is 1. The Kier molecular flexibility index (Phi) is 3.88. The quantitative estimate of drug-likeness (QED) is 0.798. The number of amides is 2. The number of anilines is 1. The molecule has 0 unspecified atom stereocenters. The number of carbonyl (C=O) groups is 2. The van der Waals surface area contributed by atoms with Crippen LogP contribution in [0.5, 0.6) is 0 Å². The van der Waals surface area contributed by atoms with Gasteiger partial charge in [0.1, 0.15) is 5.41 Å². The lowest BCUT2D eigenvalue weighted by Gasteiger charge is -2.16. The first-order chi connectivity index (χ1) is 9.10. The van der Waals surface area contributed by atoms with Crippen molar-refractivity contribution in [2.45, 2.75) is 33.1 Å². The minimum Gasteiger partial charge on any atom is -0.355 e. The molecule has 0 atom stereocenters. The Bertz CT molecular complexity index is 493. The third-order valence-corrected chi connectivity index (χ3v) is 3.55. The van der Waals surface area contributed by atoms with Gasteiger partial charge in [-0.25, -0.2) is 0 Å². The fourth-order valence-corrected chi connectivity index (χ4v) is 2.05. The summed E-state index contributed by atoms with van der Waals surface area (Å²) in [6.07, 6.45) is 2.15. The first-order valence-electron chi connectivity index (χ1n) is 6.75. The summed E-state index contributed by atoms with van der Waals surface area (Å²) in [6.45, 7) is 4.55. The molecule has 19 heavy (non-hydrogen) atoms. The van der Waals surface area contributed by atoms with Crippen LogP contribution in [0.3, 0.4) is 0 Å². The Hall–Kier alpha value is -1.84. The van der Waals surface area contributed by atoms with Gasteiger partial charge in [0, 0.05) is 12.2 Å².